The lowest BCUT2D eigenvalue weighted by molar-refractivity contribution is -0.377. The molecule has 2 aliphatic carbocycles. The molecule has 1 amide bonds. The molecule has 2 fully saturated rings. The molecule has 0 bridgehead atoms. The van der Waals surface area contributed by atoms with E-state index in [1.807, 2.05) is 0 Å². The van der Waals surface area contributed by atoms with Crippen LogP contribution in [0.3, 0.4) is 0 Å². The van der Waals surface area contributed by atoms with Gasteiger partial charge < -0.3 is 28.6 Å². The van der Waals surface area contributed by atoms with E-state index in [1.165, 1.54) is 48.8 Å². The Kier molecular flexibility index (Phi) is 13.7. The number of nitrogens with zero attached hydrogens (tertiary/aromatic N) is 2. The Balaban J connectivity index is 1.53. The molecule has 5 rings (SSSR count). The van der Waals surface area contributed by atoms with E-state index in [0.29, 0.717) is 28.0 Å². The first-order chi connectivity index (χ1) is 25.9. The van der Waals surface area contributed by atoms with Crippen molar-refractivity contribution in [1.82, 2.24) is 4.90 Å². The van der Waals surface area contributed by atoms with Crippen molar-refractivity contribution < 1.29 is 55.5 Å². The quantitative estimate of drug-likeness (QED) is 0.117. The van der Waals surface area contributed by atoms with Crippen molar-refractivity contribution in [2.45, 2.75) is 71.2 Å². The minimum Gasteiger partial charge on any atom is -0.491 e. The molecule has 2 aliphatic rings. The van der Waals surface area contributed by atoms with E-state index >= 15 is 0 Å². The van der Waals surface area contributed by atoms with E-state index in [1.54, 1.807) is 39.8 Å². The second kappa shape index (κ2) is 17.9. The first-order valence-corrected chi connectivity index (χ1v) is 20.2. The van der Waals surface area contributed by atoms with Gasteiger partial charge in [-0.25, -0.2) is 23.0 Å². The van der Waals surface area contributed by atoms with Crippen LogP contribution in [0.1, 0.15) is 74.0 Å². The number of alkyl halides is 2. The standard InChI is InChI=1S/C38H45Cl2F2N3O9S/c1-38(2,3)54-37(47)45(55(48,49)15-14-44(4)5)30-12-10-26(17-33(30)50-21-23-6-7-23)35(46)52-32(18-27-28(39)19-43-20-29(27)40)25-11-13-31(53-36(41)42)34(16-25)51-22-24-8-9-24/h10-13,16-17,19-20,23-24,32,36H,6-9,14-15,18,21-22H2,1-5H3/p+1/t32-/m0/s1. The molecule has 0 spiro atoms. The van der Waals surface area contributed by atoms with Gasteiger partial charge >= 0.3 is 18.7 Å². The van der Waals surface area contributed by atoms with E-state index in [2.05, 4.69) is 4.98 Å². The van der Waals surface area contributed by atoms with Gasteiger partial charge in [-0.15, -0.1) is 0 Å². The van der Waals surface area contributed by atoms with Gasteiger partial charge in [0, 0.05) is 18.5 Å². The van der Waals surface area contributed by atoms with E-state index in [4.69, 9.17) is 46.9 Å². The van der Waals surface area contributed by atoms with Crippen molar-refractivity contribution in [1.29, 1.82) is 0 Å². The van der Waals surface area contributed by atoms with Crippen LogP contribution in [0.4, 0.5) is 19.3 Å². The summed E-state index contributed by atoms with van der Waals surface area (Å²) in [6, 6.07) is 8.19. The first kappa shape index (κ1) is 42.2. The SMILES string of the molecule is CN(C)CCS(=O)(=O)N(C(=O)OC(C)(C)C)c1ccc(C(=O)O[C@@H](Cc2c(Cl)c[nH+]cc2Cl)c2ccc(OC(F)F)c(OCC3CC3)c2)cc1OCC1CC1. The van der Waals surface area contributed by atoms with Gasteiger partial charge in [-0.2, -0.15) is 13.1 Å². The normalized spacial score (nSPS) is 15.1. The number of esters is 1. The zero-order valence-electron chi connectivity index (χ0n) is 31.3. The van der Waals surface area contributed by atoms with Crippen LogP contribution in [0.15, 0.2) is 48.8 Å². The highest BCUT2D eigenvalue weighted by molar-refractivity contribution is 7.93. The molecule has 2 saturated carbocycles. The molecule has 1 heterocycles. The average Bonchev–Trinajstić information content (AvgIpc) is 4.03. The number of aromatic amines is 1. The number of amides is 1. The Bertz CT molecular complexity index is 1940. The number of pyridine rings is 1. The molecule has 0 unspecified atom stereocenters. The number of halogens is 4. The molecule has 3 aromatic rings. The Morgan fingerprint density at radius 3 is 2.09 bits per heavy atom. The average molecular weight is 830 g/mol. The smallest absolute Gasteiger partial charge is 0.429 e. The van der Waals surface area contributed by atoms with Gasteiger partial charge in [-0.05, 0) is 108 Å². The van der Waals surface area contributed by atoms with Crippen molar-refractivity contribution in [2.24, 2.45) is 11.8 Å². The van der Waals surface area contributed by atoms with Gasteiger partial charge in [0.15, 0.2) is 23.9 Å². The summed E-state index contributed by atoms with van der Waals surface area (Å²) >= 11 is 13.0. The van der Waals surface area contributed by atoms with Crippen molar-refractivity contribution in [3.63, 3.8) is 0 Å². The van der Waals surface area contributed by atoms with Gasteiger partial charge in [0.2, 0.25) is 10.0 Å². The monoisotopic (exact) mass is 828 g/mol. The Hall–Kier alpha value is -3.92. The van der Waals surface area contributed by atoms with Crippen LogP contribution in [-0.4, -0.2) is 77.2 Å². The molecule has 12 nitrogen and oxygen atoms in total. The predicted octanol–water partition coefficient (Wildman–Crippen LogP) is 7.76. The lowest BCUT2D eigenvalue weighted by Crippen LogP contribution is -2.43. The molecule has 0 aliphatic heterocycles. The Morgan fingerprint density at radius 1 is 0.909 bits per heavy atom. The Labute approximate surface area is 330 Å². The van der Waals surface area contributed by atoms with Crippen LogP contribution in [0.25, 0.3) is 0 Å². The van der Waals surface area contributed by atoms with Gasteiger partial charge in [-0.1, -0.05) is 29.3 Å². The second-order valence-electron chi connectivity index (χ2n) is 14.9. The minimum atomic E-state index is -4.32. The number of hydrogen-bond donors (Lipinski definition) is 0. The summed E-state index contributed by atoms with van der Waals surface area (Å²) in [6.45, 7) is 2.37. The number of sulfonamides is 1. The maximum atomic E-state index is 14.1. The number of nitrogens with one attached hydrogen (secondary N) is 1. The summed E-state index contributed by atoms with van der Waals surface area (Å²) < 4.78 is 83.1. The van der Waals surface area contributed by atoms with E-state index in [-0.39, 0.29) is 64.0 Å². The summed E-state index contributed by atoms with van der Waals surface area (Å²) in [5.74, 6) is -0.938. The summed E-state index contributed by atoms with van der Waals surface area (Å²) in [4.78, 5) is 32.1. The third-order valence-electron chi connectivity index (χ3n) is 8.58. The van der Waals surface area contributed by atoms with Crippen molar-refractivity contribution >= 4 is 51.0 Å². The molecule has 55 heavy (non-hydrogen) atoms. The van der Waals surface area contributed by atoms with E-state index in [9.17, 15) is 26.8 Å². The van der Waals surface area contributed by atoms with Gasteiger partial charge in [0.25, 0.3) is 0 Å². The number of hydrogen-bond acceptors (Lipinski definition) is 10. The molecule has 1 N–H and O–H groups in total. The van der Waals surface area contributed by atoms with E-state index in [0.717, 1.165) is 25.7 Å². The Morgan fingerprint density at radius 2 is 1.53 bits per heavy atom. The molecular weight excluding hydrogens is 783 g/mol. The van der Waals surface area contributed by atoms with Crippen LogP contribution in [0, 0.1) is 11.8 Å². The highest BCUT2D eigenvalue weighted by atomic mass is 35.5. The summed E-state index contributed by atoms with van der Waals surface area (Å²) in [7, 11) is -0.905. The van der Waals surface area contributed by atoms with Crippen LogP contribution in [-0.2, 0) is 25.9 Å². The molecule has 300 valence electrons. The van der Waals surface area contributed by atoms with E-state index < -0.39 is 46.2 Å². The molecule has 1 aromatic heterocycles. The summed E-state index contributed by atoms with van der Waals surface area (Å²) in [5, 5.41) is 0.517. The number of carbonyl (C=O) groups is 2. The highest BCUT2D eigenvalue weighted by Gasteiger charge is 2.36. The molecule has 0 saturated heterocycles. The number of ether oxygens (including phenoxy) is 5. The van der Waals surface area contributed by atoms with Crippen molar-refractivity contribution in [2.75, 3.05) is 43.9 Å². The maximum absolute atomic E-state index is 14.1. The third kappa shape index (κ3) is 12.3. The number of H-pyrrole nitrogens is 1. The maximum Gasteiger partial charge on any atom is 0.429 e. The van der Waals surface area contributed by atoms with Crippen molar-refractivity contribution in [3.8, 4) is 17.2 Å². The lowest BCUT2D eigenvalue weighted by Gasteiger charge is -2.28. The van der Waals surface area contributed by atoms with Crippen LogP contribution in [0.5, 0.6) is 17.2 Å². The van der Waals surface area contributed by atoms with Crippen LogP contribution >= 0.6 is 23.2 Å². The highest BCUT2D eigenvalue weighted by Crippen LogP contribution is 2.40. The number of benzene rings is 2. The molecule has 1 atom stereocenters. The van der Waals surface area contributed by atoms with Crippen molar-refractivity contribution in [3.05, 3.63) is 75.5 Å². The number of anilines is 1. The fraction of sp³-hybridized carbons (Fsp3) is 0.500. The fourth-order valence-corrected chi connectivity index (χ4v) is 7.30. The third-order valence-corrected chi connectivity index (χ3v) is 10.9. The van der Waals surface area contributed by atoms with Gasteiger partial charge in [0.1, 0.15) is 33.2 Å². The summed E-state index contributed by atoms with van der Waals surface area (Å²) in [6.07, 6.45) is 4.49. The second-order valence-corrected chi connectivity index (χ2v) is 17.6. The zero-order chi connectivity index (χ0) is 40.1. The van der Waals surface area contributed by atoms with Gasteiger partial charge in [0.05, 0.1) is 24.5 Å². The predicted molar refractivity (Wildman–Crippen MR) is 202 cm³/mol. The fourth-order valence-electron chi connectivity index (χ4n) is 5.28. The van der Waals surface area contributed by atoms with Crippen LogP contribution in [0.2, 0.25) is 10.0 Å². The topological polar surface area (TPSA) is 135 Å². The first-order valence-electron chi connectivity index (χ1n) is 17.8. The minimum absolute atomic E-state index is 0.0316. The van der Waals surface area contributed by atoms with Gasteiger partial charge in [-0.3, -0.25) is 0 Å². The zero-order valence-corrected chi connectivity index (χ0v) is 33.6. The molecule has 0 radical (unpaired) electrons. The molecule has 2 aromatic carbocycles. The summed E-state index contributed by atoms with van der Waals surface area (Å²) in [5.41, 5.74) is -0.391. The number of carbonyl (C=O) groups excluding carboxylic acids is 2. The lowest BCUT2D eigenvalue weighted by atomic mass is 10.0. The largest absolute Gasteiger partial charge is 0.491 e. The molecule has 17 heteroatoms. The number of aromatic nitrogens is 1. The molecular formula is C38H46Cl2F2N3O9S+. The van der Waals surface area contributed by atoms with Crippen LogP contribution < -0.4 is 23.5 Å². The number of rotatable bonds is 18.